The summed E-state index contributed by atoms with van der Waals surface area (Å²) < 4.78 is 6.65. The Kier molecular flexibility index (Phi) is 4.26. The van der Waals surface area contributed by atoms with Crippen molar-refractivity contribution >= 4 is 34.2 Å². The van der Waals surface area contributed by atoms with E-state index in [1.807, 2.05) is 24.3 Å². The highest BCUT2D eigenvalue weighted by Gasteiger charge is 2.13. The van der Waals surface area contributed by atoms with E-state index in [1.54, 1.807) is 18.2 Å². The molecule has 4 nitrogen and oxygen atoms in total. The molecule has 0 bridgehead atoms. The minimum atomic E-state index is -1.04. The van der Waals surface area contributed by atoms with Crippen LogP contribution in [-0.2, 0) is 6.61 Å². The molecule has 0 saturated heterocycles. The number of nitrogens with two attached hydrogens (primary N) is 1. The maximum Gasteiger partial charge on any atom is 0.338 e. The molecule has 2 rings (SSSR count). The van der Waals surface area contributed by atoms with E-state index in [0.717, 1.165) is 3.57 Å². The number of anilines is 1. The first-order chi connectivity index (χ1) is 9.08. The molecule has 3 N–H and O–H groups in total. The van der Waals surface area contributed by atoms with Crippen molar-refractivity contribution in [3.05, 3.63) is 57.2 Å². The second-order valence-corrected chi connectivity index (χ2v) is 5.18. The number of rotatable bonds is 4. The van der Waals surface area contributed by atoms with Gasteiger partial charge in [0.1, 0.15) is 12.4 Å². The molecule has 0 aromatic heterocycles. The van der Waals surface area contributed by atoms with Crippen LogP contribution in [0.1, 0.15) is 15.9 Å². The number of carboxylic acid groups (broad SMARTS) is 1. The third-order valence-electron chi connectivity index (χ3n) is 2.59. The third kappa shape index (κ3) is 3.37. The molecular formula is C14H12INO3. The zero-order valence-corrected chi connectivity index (χ0v) is 12.1. The summed E-state index contributed by atoms with van der Waals surface area (Å²) in [6.45, 7) is 0.173. The van der Waals surface area contributed by atoms with Crippen molar-refractivity contribution in [1.29, 1.82) is 0 Å². The van der Waals surface area contributed by atoms with Gasteiger partial charge in [-0.3, -0.25) is 0 Å². The lowest BCUT2D eigenvalue weighted by Gasteiger charge is -2.10. The summed E-state index contributed by atoms with van der Waals surface area (Å²) in [5.41, 5.74) is 6.59. The molecule has 0 fully saturated rings. The zero-order valence-electron chi connectivity index (χ0n) is 9.97. The van der Waals surface area contributed by atoms with Crippen molar-refractivity contribution in [3.63, 3.8) is 0 Å². The van der Waals surface area contributed by atoms with Crippen LogP contribution in [0.5, 0.6) is 5.75 Å². The molecule has 0 radical (unpaired) electrons. The van der Waals surface area contributed by atoms with E-state index in [-0.39, 0.29) is 17.9 Å². The second kappa shape index (κ2) is 5.92. The molecule has 2 aromatic carbocycles. The predicted octanol–water partition coefficient (Wildman–Crippen LogP) is 3.15. The van der Waals surface area contributed by atoms with Gasteiger partial charge in [0.25, 0.3) is 0 Å². The Balaban J connectivity index is 2.20. The molecular weight excluding hydrogens is 357 g/mol. The van der Waals surface area contributed by atoms with Crippen LogP contribution in [0.15, 0.2) is 42.5 Å². The highest BCUT2D eigenvalue weighted by molar-refractivity contribution is 14.1. The Morgan fingerprint density at radius 1 is 1.26 bits per heavy atom. The normalized spacial score (nSPS) is 10.2. The van der Waals surface area contributed by atoms with E-state index in [1.165, 1.54) is 0 Å². The topological polar surface area (TPSA) is 72.5 Å². The van der Waals surface area contributed by atoms with Gasteiger partial charge in [-0.15, -0.1) is 0 Å². The van der Waals surface area contributed by atoms with Gasteiger partial charge in [-0.25, -0.2) is 4.79 Å². The van der Waals surface area contributed by atoms with Crippen LogP contribution in [0.3, 0.4) is 0 Å². The third-order valence-corrected chi connectivity index (χ3v) is 3.26. The smallest absolute Gasteiger partial charge is 0.338 e. The first-order valence-electron chi connectivity index (χ1n) is 5.57. The number of hydrogen-bond donors (Lipinski definition) is 2. The number of aromatic carboxylic acids is 1. The molecule has 98 valence electrons. The average molecular weight is 369 g/mol. The van der Waals surface area contributed by atoms with Crippen molar-refractivity contribution in [2.24, 2.45) is 0 Å². The molecule has 0 amide bonds. The highest BCUT2D eigenvalue weighted by Crippen LogP contribution is 2.20. The van der Waals surface area contributed by atoms with Crippen LogP contribution in [0, 0.1) is 3.57 Å². The summed E-state index contributed by atoms with van der Waals surface area (Å²) in [6.07, 6.45) is 0. The Hall–Kier alpha value is -1.76. The fourth-order valence-corrected chi connectivity index (χ4v) is 2.23. The summed E-state index contributed by atoms with van der Waals surface area (Å²) in [6, 6.07) is 12.5. The van der Waals surface area contributed by atoms with Crippen molar-refractivity contribution in [1.82, 2.24) is 0 Å². The quantitative estimate of drug-likeness (QED) is 0.642. The van der Waals surface area contributed by atoms with Crippen molar-refractivity contribution in [2.75, 3.05) is 5.73 Å². The van der Waals surface area contributed by atoms with Crippen molar-refractivity contribution in [3.8, 4) is 5.75 Å². The number of benzene rings is 2. The number of nitrogen functional groups attached to an aromatic ring is 1. The fourth-order valence-electron chi connectivity index (χ4n) is 1.72. The second-order valence-electron chi connectivity index (χ2n) is 3.93. The first kappa shape index (κ1) is 13.7. The number of carboxylic acids is 1. The average Bonchev–Trinajstić information content (AvgIpc) is 2.36. The van der Waals surface area contributed by atoms with Gasteiger partial charge in [0, 0.05) is 14.8 Å². The number of ether oxygens (including phenoxy) is 1. The summed E-state index contributed by atoms with van der Waals surface area (Å²) in [4.78, 5) is 11.2. The van der Waals surface area contributed by atoms with Crippen molar-refractivity contribution < 1.29 is 14.6 Å². The van der Waals surface area contributed by atoms with E-state index in [4.69, 9.17) is 15.6 Å². The van der Waals surface area contributed by atoms with Crippen LogP contribution < -0.4 is 10.5 Å². The Bertz CT molecular complexity index is 613. The van der Waals surface area contributed by atoms with Gasteiger partial charge in [-0.2, -0.15) is 0 Å². The number of hydrogen-bond acceptors (Lipinski definition) is 3. The molecule has 2 aromatic rings. The lowest BCUT2D eigenvalue weighted by molar-refractivity contribution is 0.0695. The molecule has 0 aliphatic heterocycles. The molecule has 0 atom stereocenters. The maximum atomic E-state index is 11.2. The van der Waals surface area contributed by atoms with Crippen LogP contribution in [0.4, 0.5) is 5.69 Å². The fraction of sp³-hybridized carbons (Fsp3) is 0.0714. The SMILES string of the molecule is Nc1cccc(COc2cccc(I)c2)c1C(=O)O. The summed E-state index contributed by atoms with van der Waals surface area (Å²) in [7, 11) is 0. The van der Waals surface area contributed by atoms with Gasteiger partial charge in [0.05, 0.1) is 5.56 Å². The van der Waals surface area contributed by atoms with Crippen LogP contribution >= 0.6 is 22.6 Å². The van der Waals surface area contributed by atoms with Gasteiger partial charge in [0.15, 0.2) is 0 Å². The standard InChI is InChI=1S/C14H12INO3/c15-10-4-2-5-11(7-10)19-8-9-3-1-6-12(16)13(9)14(17)18/h1-7H,8,16H2,(H,17,18). The summed E-state index contributed by atoms with van der Waals surface area (Å²) in [5.74, 6) is -0.343. The molecule has 0 heterocycles. The zero-order chi connectivity index (χ0) is 13.8. The molecule has 0 unspecified atom stereocenters. The van der Waals surface area contributed by atoms with E-state index in [0.29, 0.717) is 11.3 Å². The monoisotopic (exact) mass is 369 g/mol. The van der Waals surface area contributed by atoms with E-state index >= 15 is 0 Å². The summed E-state index contributed by atoms with van der Waals surface area (Å²) >= 11 is 2.19. The number of carbonyl (C=O) groups is 1. The van der Waals surface area contributed by atoms with Gasteiger partial charge in [0.2, 0.25) is 0 Å². The van der Waals surface area contributed by atoms with E-state index in [9.17, 15) is 4.79 Å². The Morgan fingerprint density at radius 2 is 2.00 bits per heavy atom. The van der Waals surface area contributed by atoms with E-state index < -0.39 is 5.97 Å². The molecule has 0 aliphatic carbocycles. The lowest BCUT2D eigenvalue weighted by Crippen LogP contribution is -2.09. The van der Waals surface area contributed by atoms with Gasteiger partial charge >= 0.3 is 5.97 Å². The summed E-state index contributed by atoms with van der Waals surface area (Å²) in [5, 5.41) is 9.15. The molecule has 19 heavy (non-hydrogen) atoms. The van der Waals surface area contributed by atoms with Crippen molar-refractivity contribution in [2.45, 2.75) is 6.61 Å². The minimum absolute atomic E-state index is 0.105. The minimum Gasteiger partial charge on any atom is -0.489 e. The highest BCUT2D eigenvalue weighted by atomic mass is 127. The molecule has 0 spiro atoms. The van der Waals surface area contributed by atoms with E-state index in [2.05, 4.69) is 22.6 Å². The number of halogens is 1. The largest absolute Gasteiger partial charge is 0.489 e. The Morgan fingerprint density at radius 3 is 2.68 bits per heavy atom. The van der Waals surface area contributed by atoms with Crippen LogP contribution in [-0.4, -0.2) is 11.1 Å². The molecule has 5 heteroatoms. The lowest BCUT2D eigenvalue weighted by atomic mass is 10.1. The van der Waals surface area contributed by atoms with Gasteiger partial charge in [-0.05, 0) is 46.9 Å². The molecule has 0 saturated carbocycles. The predicted molar refractivity (Wildman–Crippen MR) is 81.3 cm³/mol. The maximum absolute atomic E-state index is 11.2. The van der Waals surface area contributed by atoms with Gasteiger partial charge < -0.3 is 15.6 Å². The Labute approximate surface area is 124 Å². The first-order valence-corrected chi connectivity index (χ1v) is 6.65. The van der Waals surface area contributed by atoms with Gasteiger partial charge in [-0.1, -0.05) is 18.2 Å². The molecule has 0 aliphatic rings. The van der Waals surface area contributed by atoms with Crippen LogP contribution in [0.2, 0.25) is 0 Å². The van der Waals surface area contributed by atoms with Crippen LogP contribution in [0.25, 0.3) is 0 Å².